The highest BCUT2D eigenvalue weighted by atomic mass is 15.0. The molecule has 1 fully saturated rings. The minimum Gasteiger partial charge on any atom is -0.338 e. The lowest BCUT2D eigenvalue weighted by Gasteiger charge is -2.19. The largest absolute Gasteiger partial charge is 0.338 e. The highest BCUT2D eigenvalue weighted by molar-refractivity contribution is 5.73. The molecule has 4 rings (SSSR count). The lowest BCUT2D eigenvalue weighted by molar-refractivity contribution is 0.437. The Morgan fingerprint density at radius 1 is 1.00 bits per heavy atom. The molecule has 4 nitrogen and oxygen atoms in total. The van der Waals surface area contributed by atoms with Crippen LogP contribution in [0.4, 0.5) is 0 Å². The second kappa shape index (κ2) is 6.71. The maximum Gasteiger partial charge on any atom is 0.109 e. The Labute approximate surface area is 143 Å². The molecule has 124 valence electrons. The number of nitrogens with zero attached hydrogens (tertiary/aromatic N) is 4. The summed E-state index contributed by atoms with van der Waals surface area (Å²) in [6.07, 6.45) is 12.6. The number of imidazole rings is 1. The Morgan fingerprint density at radius 3 is 2.62 bits per heavy atom. The number of hydrogen-bond acceptors (Lipinski definition) is 3. The van der Waals surface area contributed by atoms with Gasteiger partial charge in [0.2, 0.25) is 0 Å². The number of aryl methyl sites for hydroxylation is 3. The van der Waals surface area contributed by atoms with Crippen molar-refractivity contribution in [2.45, 2.75) is 50.9 Å². The van der Waals surface area contributed by atoms with E-state index in [0.717, 1.165) is 35.4 Å². The lowest BCUT2D eigenvalue weighted by Crippen LogP contribution is -2.05. The Morgan fingerprint density at radius 2 is 1.79 bits per heavy atom. The van der Waals surface area contributed by atoms with Crippen LogP contribution in [-0.4, -0.2) is 19.5 Å². The van der Waals surface area contributed by atoms with Crippen molar-refractivity contribution < 1.29 is 0 Å². The summed E-state index contributed by atoms with van der Waals surface area (Å²) >= 11 is 0. The number of benzene rings is 1. The molecule has 2 aromatic heterocycles. The van der Waals surface area contributed by atoms with Crippen molar-refractivity contribution in [1.29, 1.82) is 0 Å². The highest BCUT2D eigenvalue weighted by Crippen LogP contribution is 2.31. The van der Waals surface area contributed by atoms with E-state index in [4.69, 9.17) is 9.97 Å². The first-order valence-corrected chi connectivity index (χ1v) is 9.02. The van der Waals surface area contributed by atoms with E-state index in [0.29, 0.717) is 5.92 Å². The molecule has 0 N–H and O–H groups in total. The van der Waals surface area contributed by atoms with E-state index >= 15 is 0 Å². The minimum atomic E-state index is 0.666. The third-order valence-electron chi connectivity index (χ3n) is 5.12. The van der Waals surface area contributed by atoms with Crippen LogP contribution in [0.1, 0.15) is 55.2 Å². The van der Waals surface area contributed by atoms with E-state index in [1.165, 1.54) is 37.8 Å². The highest BCUT2D eigenvalue weighted by Gasteiger charge is 2.19. The molecule has 1 aliphatic rings. The van der Waals surface area contributed by atoms with E-state index in [1.54, 1.807) is 0 Å². The van der Waals surface area contributed by atoms with Gasteiger partial charge in [-0.3, -0.25) is 4.98 Å². The van der Waals surface area contributed by atoms with Crippen LogP contribution >= 0.6 is 0 Å². The second-order valence-corrected chi connectivity index (χ2v) is 6.88. The first kappa shape index (κ1) is 15.3. The van der Waals surface area contributed by atoms with Crippen molar-refractivity contribution in [2.24, 2.45) is 7.05 Å². The monoisotopic (exact) mass is 320 g/mol. The molecule has 0 saturated heterocycles. The lowest BCUT2D eigenvalue weighted by atomic mass is 9.87. The summed E-state index contributed by atoms with van der Waals surface area (Å²) in [6, 6.07) is 8.03. The van der Waals surface area contributed by atoms with Crippen molar-refractivity contribution >= 4 is 11.0 Å². The van der Waals surface area contributed by atoms with E-state index in [2.05, 4.69) is 22.8 Å². The van der Waals surface area contributed by atoms with Crippen molar-refractivity contribution in [3.63, 3.8) is 0 Å². The summed E-state index contributed by atoms with van der Waals surface area (Å²) in [5.74, 6) is 1.82. The summed E-state index contributed by atoms with van der Waals surface area (Å²) in [5.41, 5.74) is 4.25. The summed E-state index contributed by atoms with van der Waals surface area (Å²) in [5, 5.41) is 0. The van der Waals surface area contributed by atoms with Gasteiger partial charge in [-0.25, -0.2) is 9.97 Å². The van der Waals surface area contributed by atoms with Crippen molar-refractivity contribution in [3.05, 3.63) is 53.9 Å². The molecule has 1 aromatic carbocycles. The molecule has 0 amide bonds. The van der Waals surface area contributed by atoms with Crippen molar-refractivity contribution in [1.82, 2.24) is 19.5 Å². The van der Waals surface area contributed by atoms with Crippen LogP contribution in [0.5, 0.6) is 0 Å². The Balaban J connectivity index is 1.47. The van der Waals surface area contributed by atoms with Crippen LogP contribution in [-0.2, 0) is 19.9 Å². The molecule has 24 heavy (non-hydrogen) atoms. The predicted octanol–water partition coefficient (Wildman–Crippen LogP) is 4.20. The topological polar surface area (TPSA) is 43.6 Å². The Hall–Kier alpha value is -2.23. The molecule has 3 aromatic rings. The third-order valence-corrected chi connectivity index (χ3v) is 5.12. The van der Waals surface area contributed by atoms with E-state index in [9.17, 15) is 0 Å². The normalized spacial score (nSPS) is 15.9. The van der Waals surface area contributed by atoms with Gasteiger partial charge in [0.1, 0.15) is 5.82 Å². The zero-order valence-electron chi connectivity index (χ0n) is 14.3. The summed E-state index contributed by atoms with van der Waals surface area (Å²) in [6.45, 7) is 0. The molecule has 0 unspecified atom stereocenters. The summed E-state index contributed by atoms with van der Waals surface area (Å²) in [4.78, 5) is 14.1. The number of hydrogen-bond donors (Lipinski definition) is 0. The molecule has 4 heteroatoms. The number of rotatable bonds is 4. The Bertz CT molecular complexity index is 831. The quantitative estimate of drug-likeness (QED) is 0.724. The van der Waals surface area contributed by atoms with Gasteiger partial charge in [-0.05, 0) is 31.4 Å². The van der Waals surface area contributed by atoms with Crippen molar-refractivity contribution in [3.8, 4) is 0 Å². The van der Waals surface area contributed by atoms with Gasteiger partial charge in [-0.2, -0.15) is 0 Å². The van der Waals surface area contributed by atoms with Gasteiger partial charge in [0.25, 0.3) is 0 Å². The molecule has 1 aliphatic carbocycles. The van der Waals surface area contributed by atoms with Gasteiger partial charge in [-0.1, -0.05) is 31.4 Å². The molecule has 0 radical (unpaired) electrons. The second-order valence-electron chi connectivity index (χ2n) is 6.88. The average Bonchev–Trinajstić information content (AvgIpc) is 3.01. The smallest absolute Gasteiger partial charge is 0.109 e. The summed E-state index contributed by atoms with van der Waals surface area (Å²) in [7, 11) is 2.11. The van der Waals surface area contributed by atoms with Crippen LogP contribution in [0.25, 0.3) is 11.0 Å². The van der Waals surface area contributed by atoms with E-state index in [1.807, 2.05) is 30.5 Å². The zero-order chi connectivity index (χ0) is 16.4. The fourth-order valence-electron chi connectivity index (χ4n) is 3.71. The first-order valence-electron chi connectivity index (χ1n) is 9.02. The van der Waals surface area contributed by atoms with Crippen LogP contribution in [0, 0.1) is 0 Å². The van der Waals surface area contributed by atoms with Crippen LogP contribution in [0.2, 0.25) is 0 Å². The molecule has 0 bridgehead atoms. The van der Waals surface area contributed by atoms with Crippen LogP contribution in [0.15, 0.2) is 36.7 Å². The summed E-state index contributed by atoms with van der Waals surface area (Å²) < 4.78 is 2.19. The molecule has 0 atom stereocenters. The predicted molar refractivity (Wildman–Crippen MR) is 96.0 cm³/mol. The maximum absolute atomic E-state index is 4.93. The van der Waals surface area contributed by atoms with Crippen LogP contribution in [0.3, 0.4) is 0 Å². The average molecular weight is 320 g/mol. The Kier molecular flexibility index (Phi) is 4.28. The third kappa shape index (κ3) is 3.18. The van der Waals surface area contributed by atoms with Gasteiger partial charge >= 0.3 is 0 Å². The standard InChI is InChI=1S/C20H24N4/c1-24-14-19(15-7-3-2-4-8-15)23-20(24)12-11-16-13-21-17-9-5-6-10-18(17)22-16/h5-6,9-10,13-15H,2-4,7-8,11-12H2,1H3. The fourth-order valence-corrected chi connectivity index (χ4v) is 3.71. The van der Waals surface area contributed by atoms with Gasteiger partial charge in [-0.15, -0.1) is 0 Å². The molecule has 0 aliphatic heterocycles. The van der Waals surface area contributed by atoms with Gasteiger partial charge < -0.3 is 4.57 Å². The molecule has 0 spiro atoms. The zero-order valence-corrected chi connectivity index (χ0v) is 14.3. The van der Waals surface area contributed by atoms with Gasteiger partial charge in [0.05, 0.1) is 22.4 Å². The number of aromatic nitrogens is 4. The minimum absolute atomic E-state index is 0.666. The molecular weight excluding hydrogens is 296 g/mol. The molecule has 1 saturated carbocycles. The SMILES string of the molecule is Cn1cc(C2CCCCC2)nc1CCc1cnc2ccccc2n1. The van der Waals surface area contributed by atoms with E-state index in [-0.39, 0.29) is 0 Å². The van der Waals surface area contributed by atoms with Crippen LogP contribution < -0.4 is 0 Å². The maximum atomic E-state index is 4.93. The van der Waals surface area contributed by atoms with Crippen molar-refractivity contribution in [2.75, 3.05) is 0 Å². The van der Waals surface area contributed by atoms with Gasteiger partial charge in [0, 0.05) is 31.8 Å². The molecular formula is C20H24N4. The van der Waals surface area contributed by atoms with E-state index < -0.39 is 0 Å². The fraction of sp³-hybridized carbons (Fsp3) is 0.450. The molecule has 2 heterocycles. The number of fused-ring (bicyclic) bond motifs is 1. The van der Waals surface area contributed by atoms with Gasteiger partial charge in [0.15, 0.2) is 0 Å². The first-order chi connectivity index (χ1) is 11.8. The number of para-hydroxylation sites is 2.